The number of aromatic nitrogens is 2. The minimum atomic E-state index is -0.148. The van der Waals surface area contributed by atoms with Gasteiger partial charge in [0.15, 0.2) is 0 Å². The molecule has 2 rings (SSSR count). The summed E-state index contributed by atoms with van der Waals surface area (Å²) in [6.45, 7) is 1.27. The zero-order chi connectivity index (χ0) is 17.4. The maximum Gasteiger partial charge on any atom is 0.119 e. The van der Waals surface area contributed by atoms with Gasteiger partial charge in [-0.05, 0) is 38.2 Å². The molecule has 6 heteroatoms. The summed E-state index contributed by atoms with van der Waals surface area (Å²) in [5, 5.41) is 8.64. The van der Waals surface area contributed by atoms with Gasteiger partial charge in [0, 0.05) is 31.8 Å². The second-order valence-corrected chi connectivity index (χ2v) is 6.33. The Labute approximate surface area is 148 Å². The highest BCUT2D eigenvalue weighted by Crippen LogP contribution is 2.16. The Morgan fingerprint density at radius 2 is 2.08 bits per heavy atom. The van der Waals surface area contributed by atoms with Crippen LogP contribution in [0.5, 0.6) is 5.75 Å². The molecule has 0 saturated heterocycles. The summed E-state index contributed by atoms with van der Waals surface area (Å²) >= 11 is 6.13. The van der Waals surface area contributed by atoms with E-state index in [1.807, 2.05) is 49.5 Å². The summed E-state index contributed by atoms with van der Waals surface area (Å²) in [5.41, 5.74) is 1.02. The Balaban J connectivity index is 1.90. The van der Waals surface area contributed by atoms with E-state index in [1.54, 1.807) is 6.20 Å². The topological polar surface area (TPSA) is 54.1 Å². The number of aryl methyl sites for hydroxylation is 1. The first-order valence-electron chi connectivity index (χ1n) is 7.99. The van der Waals surface area contributed by atoms with Crippen molar-refractivity contribution >= 4 is 11.6 Å². The lowest BCUT2D eigenvalue weighted by Crippen LogP contribution is -2.28. The fourth-order valence-corrected chi connectivity index (χ4v) is 2.30. The molecular weight excluding hydrogens is 324 g/mol. The van der Waals surface area contributed by atoms with Gasteiger partial charge in [-0.1, -0.05) is 12.1 Å². The molecule has 0 bridgehead atoms. The van der Waals surface area contributed by atoms with Crippen LogP contribution in [0.2, 0.25) is 0 Å². The van der Waals surface area contributed by atoms with Crippen LogP contribution in [0.25, 0.3) is 0 Å². The van der Waals surface area contributed by atoms with Gasteiger partial charge in [0.05, 0.1) is 6.07 Å². The number of imidazole rings is 1. The Morgan fingerprint density at radius 1 is 1.33 bits per heavy atom. The molecule has 1 heterocycles. The third-order valence-electron chi connectivity index (χ3n) is 3.72. The van der Waals surface area contributed by atoms with Gasteiger partial charge in [0.2, 0.25) is 0 Å². The number of unbranched alkanes of at least 4 members (excludes halogenated alkanes) is 1. The minimum Gasteiger partial charge on any atom is -0.491 e. The number of rotatable bonds is 9. The van der Waals surface area contributed by atoms with E-state index in [2.05, 4.69) is 15.6 Å². The number of alkyl halides is 1. The average molecular weight is 347 g/mol. The van der Waals surface area contributed by atoms with Crippen LogP contribution in [0.3, 0.4) is 0 Å². The van der Waals surface area contributed by atoms with Gasteiger partial charge in [-0.2, -0.15) is 5.26 Å². The predicted molar refractivity (Wildman–Crippen MR) is 95.1 cm³/mol. The number of hydrogen-bond donors (Lipinski definition) is 0. The molecule has 0 aliphatic rings. The number of ether oxygens (including phenoxy) is 1. The van der Waals surface area contributed by atoms with Crippen LogP contribution < -0.4 is 4.74 Å². The van der Waals surface area contributed by atoms with E-state index in [-0.39, 0.29) is 5.50 Å². The second kappa shape index (κ2) is 9.31. The second-order valence-electron chi connectivity index (χ2n) is 5.83. The number of halogens is 1. The first-order valence-corrected chi connectivity index (χ1v) is 8.43. The van der Waals surface area contributed by atoms with Gasteiger partial charge in [-0.15, -0.1) is 11.6 Å². The van der Waals surface area contributed by atoms with Crippen molar-refractivity contribution in [2.45, 2.75) is 31.3 Å². The monoisotopic (exact) mass is 346 g/mol. The average Bonchev–Trinajstić information content (AvgIpc) is 3.01. The third-order valence-corrected chi connectivity index (χ3v) is 4.24. The molecule has 24 heavy (non-hydrogen) atoms. The van der Waals surface area contributed by atoms with Crippen LogP contribution in [0.1, 0.15) is 24.2 Å². The highest BCUT2D eigenvalue weighted by Gasteiger charge is 2.08. The third kappa shape index (κ3) is 5.55. The molecule has 0 amide bonds. The normalized spacial score (nSPS) is 12.1. The molecule has 1 unspecified atom stereocenters. The van der Waals surface area contributed by atoms with Gasteiger partial charge >= 0.3 is 0 Å². The van der Waals surface area contributed by atoms with Gasteiger partial charge < -0.3 is 9.30 Å². The van der Waals surface area contributed by atoms with Gasteiger partial charge in [-0.25, -0.2) is 4.98 Å². The fourth-order valence-electron chi connectivity index (χ4n) is 2.24. The first kappa shape index (κ1) is 18.3. The Hall–Kier alpha value is -2.03. The molecule has 0 spiro atoms. The van der Waals surface area contributed by atoms with Crippen molar-refractivity contribution in [3.05, 3.63) is 48.0 Å². The zero-order valence-electron chi connectivity index (χ0n) is 14.2. The van der Waals surface area contributed by atoms with Crippen LogP contribution in [0.15, 0.2) is 36.7 Å². The smallest absolute Gasteiger partial charge is 0.119 e. The van der Waals surface area contributed by atoms with Crippen molar-refractivity contribution in [2.75, 3.05) is 20.7 Å². The lowest BCUT2D eigenvalue weighted by Gasteiger charge is -2.18. The van der Waals surface area contributed by atoms with E-state index in [0.29, 0.717) is 13.0 Å². The van der Waals surface area contributed by atoms with Crippen molar-refractivity contribution in [3.8, 4) is 11.8 Å². The van der Waals surface area contributed by atoms with Crippen LogP contribution >= 0.6 is 11.6 Å². The first-order chi connectivity index (χ1) is 11.6. The number of hydrogen-bond acceptors (Lipinski definition) is 4. The highest BCUT2D eigenvalue weighted by atomic mass is 35.5. The summed E-state index contributed by atoms with van der Waals surface area (Å²) in [7, 11) is 3.84. The lowest BCUT2D eigenvalue weighted by molar-refractivity contribution is 0.237. The van der Waals surface area contributed by atoms with Gasteiger partial charge in [-0.3, -0.25) is 4.90 Å². The lowest BCUT2D eigenvalue weighted by atomic mass is 10.1. The molecular formula is C18H23ClN4O. The molecule has 0 radical (unpaired) electrons. The molecule has 1 aromatic heterocycles. The number of likely N-dealkylation sites (N-methyl/N-ethyl adjacent to an activating group) is 1. The number of nitriles is 1. The van der Waals surface area contributed by atoms with Crippen molar-refractivity contribution in [2.24, 2.45) is 0 Å². The quantitative estimate of drug-likeness (QED) is 0.397. The van der Waals surface area contributed by atoms with Crippen LogP contribution in [-0.4, -0.2) is 40.7 Å². The van der Waals surface area contributed by atoms with Crippen molar-refractivity contribution in [3.63, 3.8) is 0 Å². The van der Waals surface area contributed by atoms with Gasteiger partial charge in [0.25, 0.3) is 0 Å². The maximum atomic E-state index is 8.64. The van der Waals surface area contributed by atoms with E-state index in [0.717, 1.165) is 31.0 Å². The summed E-state index contributed by atoms with van der Waals surface area (Å²) < 4.78 is 7.79. The molecule has 1 aromatic carbocycles. The standard InChI is InChI=1S/C18H23ClN4O/c1-22(2)17(19)14-24-16-7-5-15(6-8-16)13-18-21-10-12-23(18)11-4-3-9-20/h5-8,10,12,17H,3-4,11,13-14H2,1-2H3. The summed E-state index contributed by atoms with van der Waals surface area (Å²) in [5.74, 6) is 1.82. The van der Waals surface area contributed by atoms with Crippen LogP contribution in [-0.2, 0) is 13.0 Å². The minimum absolute atomic E-state index is 0.148. The molecule has 0 aliphatic carbocycles. The highest BCUT2D eigenvalue weighted by molar-refractivity contribution is 6.20. The van der Waals surface area contributed by atoms with E-state index in [4.69, 9.17) is 21.6 Å². The molecule has 0 aliphatic heterocycles. The van der Waals surface area contributed by atoms with E-state index in [1.165, 1.54) is 5.56 Å². The summed E-state index contributed by atoms with van der Waals surface area (Å²) in [6.07, 6.45) is 5.94. The van der Waals surface area contributed by atoms with E-state index < -0.39 is 0 Å². The number of nitrogens with zero attached hydrogens (tertiary/aromatic N) is 4. The molecule has 0 N–H and O–H groups in total. The van der Waals surface area contributed by atoms with Gasteiger partial charge in [0.1, 0.15) is 23.7 Å². The van der Waals surface area contributed by atoms with E-state index >= 15 is 0 Å². The molecule has 5 nitrogen and oxygen atoms in total. The SMILES string of the molecule is CN(C)C(Cl)COc1ccc(Cc2nccn2CCCC#N)cc1. The fraction of sp³-hybridized carbons (Fsp3) is 0.444. The molecule has 0 saturated carbocycles. The summed E-state index contributed by atoms with van der Waals surface area (Å²) in [6, 6.07) is 10.2. The zero-order valence-corrected chi connectivity index (χ0v) is 14.9. The number of benzene rings is 1. The van der Waals surface area contributed by atoms with Crippen LogP contribution in [0, 0.1) is 11.3 Å². The van der Waals surface area contributed by atoms with Crippen molar-refractivity contribution in [1.29, 1.82) is 5.26 Å². The maximum absolute atomic E-state index is 8.64. The predicted octanol–water partition coefficient (Wildman–Crippen LogP) is 3.28. The molecule has 2 aromatic rings. The summed E-state index contributed by atoms with van der Waals surface area (Å²) in [4.78, 5) is 6.32. The largest absolute Gasteiger partial charge is 0.491 e. The Bertz CT molecular complexity index is 660. The Morgan fingerprint density at radius 3 is 2.75 bits per heavy atom. The molecule has 1 atom stereocenters. The van der Waals surface area contributed by atoms with Crippen molar-refractivity contribution in [1.82, 2.24) is 14.5 Å². The van der Waals surface area contributed by atoms with Crippen LogP contribution in [0.4, 0.5) is 0 Å². The Kier molecular flexibility index (Phi) is 7.10. The van der Waals surface area contributed by atoms with Crippen molar-refractivity contribution < 1.29 is 4.74 Å². The molecule has 128 valence electrons. The molecule has 0 fully saturated rings. The van der Waals surface area contributed by atoms with E-state index in [9.17, 15) is 0 Å².